The Labute approximate surface area is 81.6 Å². The van der Waals surface area contributed by atoms with Gasteiger partial charge in [0.05, 0.1) is 0 Å². The van der Waals surface area contributed by atoms with Gasteiger partial charge in [-0.05, 0) is 30.0 Å². The van der Waals surface area contributed by atoms with Gasteiger partial charge in [0.1, 0.15) is 5.82 Å². The molecule has 0 unspecified atom stereocenters. The highest BCUT2D eigenvalue weighted by Gasteiger charge is 2.07. The quantitative estimate of drug-likeness (QED) is 0.748. The summed E-state index contributed by atoms with van der Waals surface area (Å²) in [4.78, 5) is 4.06. The second-order valence-corrected chi connectivity index (χ2v) is 3.23. The number of pyridine rings is 1. The smallest absolute Gasteiger partial charge is 0.132 e. The summed E-state index contributed by atoms with van der Waals surface area (Å²) in [6, 6.07) is 4.96. The SMILES string of the molecule is Cc1nccc2c(CN)ccc(F)c12. The first-order valence-electron chi connectivity index (χ1n) is 4.47. The van der Waals surface area contributed by atoms with E-state index in [1.165, 1.54) is 6.07 Å². The summed E-state index contributed by atoms with van der Waals surface area (Å²) in [5.74, 6) is -0.234. The lowest BCUT2D eigenvalue weighted by atomic mass is 10.0. The van der Waals surface area contributed by atoms with Crippen LogP contribution in [0.2, 0.25) is 0 Å². The number of rotatable bonds is 1. The zero-order chi connectivity index (χ0) is 10.1. The summed E-state index contributed by atoms with van der Waals surface area (Å²) in [7, 11) is 0. The predicted octanol–water partition coefficient (Wildman–Crippen LogP) is 2.14. The molecule has 1 aromatic carbocycles. The second kappa shape index (κ2) is 3.35. The topological polar surface area (TPSA) is 38.9 Å². The Hall–Kier alpha value is -1.48. The zero-order valence-electron chi connectivity index (χ0n) is 7.92. The molecule has 0 aliphatic heterocycles. The summed E-state index contributed by atoms with van der Waals surface area (Å²) < 4.78 is 13.5. The maximum absolute atomic E-state index is 13.5. The molecule has 0 aliphatic carbocycles. The number of fused-ring (bicyclic) bond motifs is 1. The molecule has 1 heterocycles. The van der Waals surface area contributed by atoms with Gasteiger partial charge in [-0.25, -0.2) is 4.39 Å². The second-order valence-electron chi connectivity index (χ2n) is 3.23. The molecule has 0 amide bonds. The molecular weight excluding hydrogens is 179 g/mol. The van der Waals surface area contributed by atoms with Crippen molar-refractivity contribution in [2.24, 2.45) is 5.73 Å². The molecular formula is C11H11FN2. The summed E-state index contributed by atoms with van der Waals surface area (Å²) in [5.41, 5.74) is 7.23. The van der Waals surface area contributed by atoms with Crippen molar-refractivity contribution >= 4 is 10.8 Å². The van der Waals surface area contributed by atoms with E-state index in [9.17, 15) is 4.39 Å². The summed E-state index contributed by atoms with van der Waals surface area (Å²) in [6.45, 7) is 2.21. The number of aromatic nitrogens is 1. The third kappa shape index (κ3) is 1.26. The third-order valence-corrected chi connectivity index (χ3v) is 2.38. The van der Waals surface area contributed by atoms with Crippen LogP contribution in [0, 0.1) is 12.7 Å². The van der Waals surface area contributed by atoms with Crippen molar-refractivity contribution < 1.29 is 4.39 Å². The van der Waals surface area contributed by atoms with Crippen molar-refractivity contribution in [1.82, 2.24) is 4.98 Å². The van der Waals surface area contributed by atoms with Gasteiger partial charge in [-0.1, -0.05) is 6.07 Å². The molecule has 3 heteroatoms. The average Bonchev–Trinajstić information content (AvgIpc) is 2.18. The Kier molecular flexibility index (Phi) is 2.17. The Morgan fingerprint density at radius 2 is 2.14 bits per heavy atom. The van der Waals surface area contributed by atoms with Crippen LogP contribution in [0.5, 0.6) is 0 Å². The van der Waals surface area contributed by atoms with E-state index < -0.39 is 0 Å². The highest BCUT2D eigenvalue weighted by atomic mass is 19.1. The van der Waals surface area contributed by atoms with Crippen molar-refractivity contribution in [3.05, 3.63) is 41.5 Å². The Balaban J connectivity index is 2.91. The molecule has 0 radical (unpaired) electrons. The molecule has 72 valence electrons. The standard InChI is InChI=1S/C11H11FN2/c1-7-11-9(4-5-14-7)8(6-13)2-3-10(11)12/h2-5H,6,13H2,1H3. The maximum atomic E-state index is 13.5. The lowest BCUT2D eigenvalue weighted by Gasteiger charge is -2.06. The van der Waals surface area contributed by atoms with E-state index in [0.29, 0.717) is 17.6 Å². The Morgan fingerprint density at radius 3 is 2.86 bits per heavy atom. The van der Waals surface area contributed by atoms with Gasteiger partial charge in [0.25, 0.3) is 0 Å². The van der Waals surface area contributed by atoms with Gasteiger partial charge in [0, 0.05) is 23.8 Å². The minimum absolute atomic E-state index is 0.234. The fraction of sp³-hybridized carbons (Fsp3) is 0.182. The van der Waals surface area contributed by atoms with E-state index >= 15 is 0 Å². The van der Waals surface area contributed by atoms with Crippen LogP contribution in [0.1, 0.15) is 11.3 Å². The number of nitrogens with two attached hydrogens (primary N) is 1. The number of nitrogens with zero attached hydrogens (tertiary/aromatic N) is 1. The first-order chi connectivity index (χ1) is 6.74. The van der Waals surface area contributed by atoms with Crippen LogP contribution in [0.25, 0.3) is 10.8 Å². The normalized spacial score (nSPS) is 10.8. The molecule has 0 bridgehead atoms. The van der Waals surface area contributed by atoms with Crippen molar-refractivity contribution in [1.29, 1.82) is 0 Å². The van der Waals surface area contributed by atoms with Gasteiger partial charge in [0.2, 0.25) is 0 Å². The number of hydrogen-bond donors (Lipinski definition) is 1. The molecule has 2 nitrogen and oxygen atoms in total. The summed E-state index contributed by atoms with van der Waals surface area (Å²) in [5, 5.41) is 1.44. The van der Waals surface area contributed by atoms with Gasteiger partial charge in [-0.3, -0.25) is 4.98 Å². The lowest BCUT2D eigenvalue weighted by molar-refractivity contribution is 0.638. The van der Waals surface area contributed by atoms with Crippen LogP contribution in [0.4, 0.5) is 4.39 Å². The van der Waals surface area contributed by atoms with Crippen LogP contribution in [0.3, 0.4) is 0 Å². The van der Waals surface area contributed by atoms with Crippen molar-refractivity contribution in [2.45, 2.75) is 13.5 Å². The first kappa shape index (κ1) is 9.09. The molecule has 2 N–H and O–H groups in total. The van der Waals surface area contributed by atoms with E-state index in [1.54, 1.807) is 25.3 Å². The van der Waals surface area contributed by atoms with Gasteiger partial charge < -0.3 is 5.73 Å². The molecule has 2 rings (SSSR count). The fourth-order valence-corrected chi connectivity index (χ4v) is 1.66. The molecule has 0 atom stereocenters. The van der Waals surface area contributed by atoms with E-state index in [4.69, 9.17) is 5.73 Å². The monoisotopic (exact) mass is 190 g/mol. The summed E-state index contributed by atoms with van der Waals surface area (Å²) in [6.07, 6.45) is 1.68. The van der Waals surface area contributed by atoms with Crippen LogP contribution >= 0.6 is 0 Å². The minimum Gasteiger partial charge on any atom is -0.326 e. The molecule has 0 saturated heterocycles. The highest BCUT2D eigenvalue weighted by molar-refractivity contribution is 5.87. The van der Waals surface area contributed by atoms with E-state index in [0.717, 1.165) is 10.9 Å². The Morgan fingerprint density at radius 1 is 1.36 bits per heavy atom. The van der Waals surface area contributed by atoms with Crippen LogP contribution in [0.15, 0.2) is 24.4 Å². The van der Waals surface area contributed by atoms with E-state index in [2.05, 4.69) is 4.98 Å². The van der Waals surface area contributed by atoms with E-state index in [1.807, 2.05) is 0 Å². The fourth-order valence-electron chi connectivity index (χ4n) is 1.66. The van der Waals surface area contributed by atoms with Crippen molar-refractivity contribution in [2.75, 3.05) is 0 Å². The predicted molar refractivity (Wildman–Crippen MR) is 54.3 cm³/mol. The molecule has 0 saturated carbocycles. The third-order valence-electron chi connectivity index (χ3n) is 2.38. The molecule has 0 fully saturated rings. The number of halogens is 1. The van der Waals surface area contributed by atoms with Crippen LogP contribution < -0.4 is 5.73 Å². The largest absolute Gasteiger partial charge is 0.326 e. The molecule has 2 aromatic rings. The number of benzene rings is 1. The molecule has 1 aromatic heterocycles. The molecule has 0 aliphatic rings. The van der Waals surface area contributed by atoms with Crippen molar-refractivity contribution in [3.8, 4) is 0 Å². The number of hydrogen-bond acceptors (Lipinski definition) is 2. The van der Waals surface area contributed by atoms with Gasteiger partial charge >= 0.3 is 0 Å². The first-order valence-corrected chi connectivity index (χ1v) is 4.47. The Bertz CT molecular complexity index is 472. The lowest BCUT2D eigenvalue weighted by Crippen LogP contribution is -1.99. The molecule has 0 spiro atoms. The van der Waals surface area contributed by atoms with Crippen molar-refractivity contribution in [3.63, 3.8) is 0 Å². The minimum atomic E-state index is -0.234. The van der Waals surface area contributed by atoms with E-state index in [-0.39, 0.29) is 5.82 Å². The summed E-state index contributed by atoms with van der Waals surface area (Å²) >= 11 is 0. The van der Waals surface area contributed by atoms with Gasteiger partial charge in [-0.2, -0.15) is 0 Å². The van der Waals surface area contributed by atoms with Gasteiger partial charge in [-0.15, -0.1) is 0 Å². The van der Waals surface area contributed by atoms with Gasteiger partial charge in [0.15, 0.2) is 0 Å². The highest BCUT2D eigenvalue weighted by Crippen LogP contribution is 2.23. The zero-order valence-corrected chi connectivity index (χ0v) is 7.92. The average molecular weight is 190 g/mol. The maximum Gasteiger partial charge on any atom is 0.132 e. The van der Waals surface area contributed by atoms with Crippen LogP contribution in [-0.4, -0.2) is 4.98 Å². The van der Waals surface area contributed by atoms with Crippen LogP contribution in [-0.2, 0) is 6.54 Å². The number of aryl methyl sites for hydroxylation is 1. The molecule has 14 heavy (non-hydrogen) atoms.